The number of hydrogen-bond acceptors (Lipinski definition) is 5. The summed E-state index contributed by atoms with van der Waals surface area (Å²) in [6.07, 6.45) is 0.0322. The number of ether oxygens (including phenoxy) is 1. The number of carboxylic acid groups (broad SMARTS) is 1. The average molecular weight is 277 g/mol. The Balaban J connectivity index is 2.62. The van der Waals surface area contributed by atoms with Crippen LogP contribution in [0.1, 0.15) is 10.5 Å². The first-order valence-electron chi connectivity index (χ1n) is 4.66. The van der Waals surface area contributed by atoms with Crippen LogP contribution < -0.4 is 10.5 Å². The number of hydrogen-bond donors (Lipinski definition) is 4. The summed E-state index contributed by atoms with van der Waals surface area (Å²) < 4.78 is 29.7. The van der Waals surface area contributed by atoms with Crippen LogP contribution in [0.5, 0.6) is 0 Å². The Labute approximate surface area is 102 Å². The number of amides is 1. The number of nitrogens with two attached hydrogens (primary N) is 1. The van der Waals surface area contributed by atoms with Gasteiger partial charge in [0.25, 0.3) is 0 Å². The Kier molecular flexibility index (Phi) is 4.28. The minimum absolute atomic E-state index is 0.168. The minimum Gasteiger partial charge on any atom is -0.477 e. The Morgan fingerprint density at radius 2 is 2.17 bits per heavy atom. The van der Waals surface area contributed by atoms with E-state index in [0.717, 1.165) is 12.3 Å². The van der Waals surface area contributed by atoms with Crippen LogP contribution in [0.15, 0.2) is 17.2 Å². The van der Waals surface area contributed by atoms with E-state index in [1.807, 2.05) is 0 Å². The number of aromatic nitrogens is 1. The SMILES string of the molecule is NC(=O)OCCNS(=O)(=O)c1c[nH]c(C(=O)O)c1. The van der Waals surface area contributed by atoms with Crippen LogP contribution in [-0.2, 0) is 14.8 Å². The van der Waals surface area contributed by atoms with E-state index in [2.05, 4.69) is 20.2 Å². The van der Waals surface area contributed by atoms with Crippen molar-refractivity contribution in [2.75, 3.05) is 13.2 Å². The zero-order valence-corrected chi connectivity index (χ0v) is 9.86. The highest BCUT2D eigenvalue weighted by Gasteiger charge is 2.17. The Bertz CT molecular complexity index is 549. The second-order valence-corrected chi connectivity index (χ2v) is 4.89. The van der Waals surface area contributed by atoms with E-state index in [4.69, 9.17) is 5.11 Å². The van der Waals surface area contributed by atoms with Gasteiger partial charge in [-0.05, 0) is 6.07 Å². The summed E-state index contributed by atoms with van der Waals surface area (Å²) in [5.41, 5.74) is 4.43. The molecule has 0 unspecified atom stereocenters. The molecule has 18 heavy (non-hydrogen) atoms. The van der Waals surface area contributed by atoms with Crippen molar-refractivity contribution >= 4 is 22.1 Å². The molecule has 0 aliphatic rings. The van der Waals surface area contributed by atoms with E-state index in [9.17, 15) is 18.0 Å². The number of carboxylic acids is 1. The minimum atomic E-state index is -3.85. The maximum atomic E-state index is 11.6. The topological polar surface area (TPSA) is 152 Å². The lowest BCUT2D eigenvalue weighted by molar-refractivity contribution is 0.0691. The summed E-state index contributed by atoms with van der Waals surface area (Å²) in [5.74, 6) is -1.27. The van der Waals surface area contributed by atoms with Gasteiger partial charge in [-0.25, -0.2) is 22.7 Å². The molecule has 1 aromatic rings. The van der Waals surface area contributed by atoms with Gasteiger partial charge in [-0.2, -0.15) is 0 Å². The Hall–Kier alpha value is -2.07. The van der Waals surface area contributed by atoms with Gasteiger partial charge in [0.2, 0.25) is 10.0 Å². The van der Waals surface area contributed by atoms with Gasteiger partial charge in [0.15, 0.2) is 0 Å². The fraction of sp³-hybridized carbons (Fsp3) is 0.250. The number of aromatic carboxylic acids is 1. The summed E-state index contributed by atoms with van der Waals surface area (Å²) in [5, 5.41) is 8.62. The molecule has 1 rings (SSSR count). The summed E-state index contributed by atoms with van der Waals surface area (Å²) in [6, 6.07) is 0.972. The third-order valence-electron chi connectivity index (χ3n) is 1.84. The van der Waals surface area contributed by atoms with Gasteiger partial charge in [-0.3, -0.25) is 0 Å². The Morgan fingerprint density at radius 3 is 2.67 bits per heavy atom. The van der Waals surface area contributed by atoms with Crippen LogP contribution in [0.3, 0.4) is 0 Å². The molecule has 0 saturated carbocycles. The van der Waals surface area contributed by atoms with Crippen LogP contribution in [0.4, 0.5) is 4.79 Å². The van der Waals surface area contributed by atoms with E-state index >= 15 is 0 Å². The highest BCUT2D eigenvalue weighted by Crippen LogP contribution is 2.10. The zero-order valence-electron chi connectivity index (χ0n) is 9.04. The van der Waals surface area contributed by atoms with Gasteiger partial charge >= 0.3 is 12.1 Å². The molecule has 100 valence electrons. The lowest BCUT2D eigenvalue weighted by Gasteiger charge is -2.04. The molecule has 1 aromatic heterocycles. The molecule has 0 saturated heterocycles. The number of rotatable bonds is 6. The van der Waals surface area contributed by atoms with Crippen molar-refractivity contribution in [2.45, 2.75) is 4.90 Å². The molecular formula is C8H11N3O6S. The van der Waals surface area contributed by atoms with Gasteiger partial charge < -0.3 is 20.6 Å². The lowest BCUT2D eigenvalue weighted by atomic mass is 10.4. The number of carbonyl (C=O) groups is 2. The second kappa shape index (κ2) is 5.51. The lowest BCUT2D eigenvalue weighted by Crippen LogP contribution is -2.28. The number of sulfonamides is 1. The molecule has 0 aromatic carbocycles. The van der Waals surface area contributed by atoms with E-state index in [-0.39, 0.29) is 23.7 Å². The molecule has 0 radical (unpaired) electrons. The van der Waals surface area contributed by atoms with Crippen LogP contribution in [0.25, 0.3) is 0 Å². The molecule has 0 aliphatic heterocycles. The van der Waals surface area contributed by atoms with Crippen molar-refractivity contribution < 1.29 is 27.9 Å². The molecule has 1 heterocycles. The second-order valence-electron chi connectivity index (χ2n) is 3.12. The van der Waals surface area contributed by atoms with Gasteiger partial charge in [-0.15, -0.1) is 0 Å². The fourth-order valence-electron chi connectivity index (χ4n) is 1.06. The van der Waals surface area contributed by atoms with Crippen LogP contribution in [0.2, 0.25) is 0 Å². The predicted molar refractivity (Wildman–Crippen MR) is 58.5 cm³/mol. The van der Waals surface area contributed by atoms with Crippen molar-refractivity contribution in [3.8, 4) is 0 Å². The maximum Gasteiger partial charge on any atom is 0.404 e. The fourth-order valence-corrected chi connectivity index (χ4v) is 2.07. The van der Waals surface area contributed by atoms with Crippen molar-refractivity contribution in [3.05, 3.63) is 18.0 Å². The molecule has 0 fully saturated rings. The van der Waals surface area contributed by atoms with Gasteiger partial charge in [0, 0.05) is 12.7 Å². The molecule has 0 bridgehead atoms. The number of H-pyrrole nitrogens is 1. The number of aromatic amines is 1. The molecule has 0 atom stereocenters. The summed E-state index contributed by atoms with van der Waals surface area (Å²) in [7, 11) is -3.85. The number of primary amides is 1. The molecule has 5 N–H and O–H groups in total. The standard InChI is InChI=1S/C8H11N3O6S/c9-8(14)17-2-1-11-18(15,16)5-3-6(7(12)13)10-4-5/h3-4,10-11H,1-2H2,(H2,9,14)(H,12,13). The summed E-state index contributed by atoms with van der Waals surface area (Å²) in [4.78, 5) is 22.9. The molecular weight excluding hydrogens is 266 g/mol. The molecule has 0 aliphatic carbocycles. The van der Waals surface area contributed by atoms with E-state index in [1.165, 1.54) is 0 Å². The molecule has 0 spiro atoms. The zero-order chi connectivity index (χ0) is 13.8. The van der Waals surface area contributed by atoms with Crippen LogP contribution in [0, 0.1) is 0 Å². The smallest absolute Gasteiger partial charge is 0.404 e. The summed E-state index contributed by atoms with van der Waals surface area (Å²) in [6.45, 7) is -0.385. The van der Waals surface area contributed by atoms with Crippen molar-refractivity contribution in [2.24, 2.45) is 5.73 Å². The Morgan fingerprint density at radius 1 is 1.50 bits per heavy atom. The van der Waals surface area contributed by atoms with Crippen molar-refractivity contribution in [1.82, 2.24) is 9.71 Å². The summed E-state index contributed by atoms with van der Waals surface area (Å²) >= 11 is 0. The maximum absolute atomic E-state index is 11.6. The first-order chi connectivity index (χ1) is 8.33. The molecule has 10 heteroatoms. The van der Waals surface area contributed by atoms with Gasteiger partial charge in [0.05, 0.1) is 0 Å². The van der Waals surface area contributed by atoms with E-state index in [1.54, 1.807) is 0 Å². The third-order valence-corrected chi connectivity index (χ3v) is 3.28. The molecule has 1 amide bonds. The quantitative estimate of drug-likeness (QED) is 0.494. The number of nitrogens with one attached hydrogen (secondary N) is 2. The van der Waals surface area contributed by atoms with Crippen molar-refractivity contribution in [1.29, 1.82) is 0 Å². The average Bonchev–Trinajstić information content (AvgIpc) is 2.74. The predicted octanol–water partition coefficient (Wildman–Crippen LogP) is -0.913. The van der Waals surface area contributed by atoms with Gasteiger partial charge in [0.1, 0.15) is 17.2 Å². The van der Waals surface area contributed by atoms with Gasteiger partial charge in [-0.1, -0.05) is 0 Å². The molecule has 9 nitrogen and oxygen atoms in total. The first kappa shape index (κ1) is 14.0. The van der Waals surface area contributed by atoms with E-state index < -0.39 is 22.1 Å². The highest BCUT2D eigenvalue weighted by atomic mass is 32.2. The highest BCUT2D eigenvalue weighted by molar-refractivity contribution is 7.89. The largest absolute Gasteiger partial charge is 0.477 e. The monoisotopic (exact) mass is 277 g/mol. The van der Waals surface area contributed by atoms with Crippen LogP contribution >= 0.6 is 0 Å². The first-order valence-corrected chi connectivity index (χ1v) is 6.15. The third kappa shape index (κ3) is 3.75. The normalized spacial score (nSPS) is 11.1. The van der Waals surface area contributed by atoms with E-state index in [0.29, 0.717) is 0 Å². The van der Waals surface area contributed by atoms with Crippen molar-refractivity contribution in [3.63, 3.8) is 0 Å². The van der Waals surface area contributed by atoms with Crippen LogP contribution in [-0.4, -0.2) is 43.7 Å². The number of carbonyl (C=O) groups excluding carboxylic acids is 1.